The highest BCUT2D eigenvalue weighted by atomic mass is 32.1. The van der Waals surface area contributed by atoms with Crippen molar-refractivity contribution in [3.05, 3.63) is 35.9 Å². The van der Waals surface area contributed by atoms with Crippen molar-refractivity contribution >= 4 is 48.2 Å². The van der Waals surface area contributed by atoms with Crippen LogP contribution in [-0.2, 0) is 35.2 Å². The molecule has 0 bridgehead atoms. The van der Waals surface area contributed by atoms with Crippen LogP contribution >= 0.6 is 12.6 Å². The van der Waals surface area contributed by atoms with Gasteiger partial charge in [-0.2, -0.15) is 12.6 Å². The maximum atomic E-state index is 12.7. The number of amides is 4. The number of nitrogens with two attached hydrogens (primary N) is 1. The van der Waals surface area contributed by atoms with Crippen molar-refractivity contribution in [1.82, 2.24) is 21.3 Å². The van der Waals surface area contributed by atoms with E-state index < -0.39 is 60.2 Å². The molecule has 0 fully saturated rings. The molecule has 0 aromatic heterocycles. The molecule has 0 aliphatic rings. The highest BCUT2D eigenvalue weighted by Gasteiger charge is 2.29. The minimum absolute atomic E-state index is 0.156. The standard InChI is InChI=1S/C22H31N5O8S/c1-2-17(28)25-14(8-12-6-4-3-5-7-12)20(32)24-10-13(23)19(31)26-15(9-18(29)30)21(33)27-16(11-36)22(34)35/h3-7,13-16,36H,2,8-11,23H2,1H3,(H,24,32)(H,25,28)(H,26,31)(H,27,33)(H,29,30)(H,34,35)/t13-,14-,15-,16-/m0/s1. The molecule has 0 unspecified atom stereocenters. The topological polar surface area (TPSA) is 217 Å². The Kier molecular flexibility index (Phi) is 13.0. The van der Waals surface area contributed by atoms with Crippen molar-refractivity contribution in [2.24, 2.45) is 5.73 Å². The molecule has 0 radical (unpaired) electrons. The summed E-state index contributed by atoms with van der Waals surface area (Å²) in [6.45, 7) is 1.25. The summed E-state index contributed by atoms with van der Waals surface area (Å²) in [5, 5.41) is 27.4. The van der Waals surface area contributed by atoms with Crippen LogP contribution in [-0.4, -0.2) is 82.2 Å². The molecule has 1 aromatic carbocycles. The lowest BCUT2D eigenvalue weighted by atomic mass is 10.0. The Morgan fingerprint density at radius 3 is 2.03 bits per heavy atom. The summed E-state index contributed by atoms with van der Waals surface area (Å²) >= 11 is 3.81. The third-order valence-electron chi connectivity index (χ3n) is 4.90. The van der Waals surface area contributed by atoms with Crippen molar-refractivity contribution in [3.63, 3.8) is 0 Å². The summed E-state index contributed by atoms with van der Waals surface area (Å²) in [5.41, 5.74) is 6.59. The maximum absolute atomic E-state index is 12.7. The number of benzene rings is 1. The van der Waals surface area contributed by atoms with Gasteiger partial charge in [0, 0.05) is 25.1 Å². The quantitative estimate of drug-likeness (QED) is 0.119. The summed E-state index contributed by atoms with van der Waals surface area (Å²) in [5.74, 6) is -6.03. The number of carbonyl (C=O) groups is 6. The number of hydrogen-bond donors (Lipinski definition) is 8. The van der Waals surface area contributed by atoms with Gasteiger partial charge in [-0.1, -0.05) is 37.3 Å². The van der Waals surface area contributed by atoms with Crippen LogP contribution in [0.25, 0.3) is 0 Å². The highest BCUT2D eigenvalue weighted by molar-refractivity contribution is 7.80. The summed E-state index contributed by atoms with van der Waals surface area (Å²) in [7, 11) is 0. The summed E-state index contributed by atoms with van der Waals surface area (Å²) in [6, 6.07) is 3.61. The molecule has 0 aliphatic heterocycles. The van der Waals surface area contributed by atoms with Gasteiger partial charge in [-0.05, 0) is 5.56 Å². The molecule has 0 heterocycles. The first kappa shape index (κ1) is 30.4. The minimum Gasteiger partial charge on any atom is -0.481 e. The van der Waals surface area contributed by atoms with Gasteiger partial charge in [0.1, 0.15) is 24.2 Å². The fourth-order valence-electron chi connectivity index (χ4n) is 2.90. The fraction of sp³-hybridized carbons (Fsp3) is 0.455. The predicted octanol–water partition coefficient (Wildman–Crippen LogP) is -1.97. The molecule has 0 saturated carbocycles. The normalized spacial score (nSPS) is 13.9. The van der Waals surface area contributed by atoms with Gasteiger partial charge in [0.2, 0.25) is 23.6 Å². The van der Waals surface area contributed by atoms with E-state index in [9.17, 15) is 28.8 Å². The molecule has 4 atom stereocenters. The molecular formula is C22H31N5O8S. The lowest BCUT2D eigenvalue weighted by molar-refractivity contribution is -0.143. The van der Waals surface area contributed by atoms with Crippen LogP contribution in [0.4, 0.5) is 0 Å². The van der Waals surface area contributed by atoms with Crippen LogP contribution in [0.5, 0.6) is 0 Å². The second kappa shape index (κ2) is 15.4. The number of rotatable bonds is 15. The Hall–Kier alpha value is -3.65. The van der Waals surface area contributed by atoms with Crippen LogP contribution in [0.15, 0.2) is 30.3 Å². The summed E-state index contributed by atoms with van der Waals surface area (Å²) < 4.78 is 0. The van der Waals surface area contributed by atoms with Crippen LogP contribution in [0, 0.1) is 0 Å². The first-order valence-electron chi connectivity index (χ1n) is 11.0. The van der Waals surface area contributed by atoms with Crippen molar-refractivity contribution in [1.29, 1.82) is 0 Å². The lowest BCUT2D eigenvalue weighted by Crippen LogP contribution is -2.57. The fourth-order valence-corrected chi connectivity index (χ4v) is 3.15. The Labute approximate surface area is 213 Å². The molecule has 0 spiro atoms. The molecule has 1 rings (SSSR count). The number of aliphatic carboxylic acids is 2. The largest absolute Gasteiger partial charge is 0.481 e. The van der Waals surface area contributed by atoms with E-state index in [1.54, 1.807) is 37.3 Å². The van der Waals surface area contributed by atoms with Gasteiger partial charge >= 0.3 is 11.9 Å². The Morgan fingerprint density at radius 2 is 1.50 bits per heavy atom. The van der Waals surface area contributed by atoms with E-state index in [0.29, 0.717) is 0 Å². The average Bonchev–Trinajstić information content (AvgIpc) is 2.84. The monoisotopic (exact) mass is 525 g/mol. The number of carbonyl (C=O) groups excluding carboxylic acids is 4. The average molecular weight is 526 g/mol. The molecule has 198 valence electrons. The van der Waals surface area contributed by atoms with Gasteiger partial charge in [0.05, 0.1) is 6.42 Å². The highest BCUT2D eigenvalue weighted by Crippen LogP contribution is 2.04. The van der Waals surface area contributed by atoms with E-state index in [0.717, 1.165) is 5.56 Å². The van der Waals surface area contributed by atoms with Gasteiger partial charge < -0.3 is 37.2 Å². The van der Waals surface area contributed by atoms with E-state index in [-0.39, 0.29) is 31.0 Å². The zero-order valence-electron chi connectivity index (χ0n) is 19.6. The lowest BCUT2D eigenvalue weighted by Gasteiger charge is -2.22. The van der Waals surface area contributed by atoms with Gasteiger partial charge in [-0.3, -0.25) is 24.0 Å². The smallest absolute Gasteiger partial charge is 0.327 e. The second-order valence-electron chi connectivity index (χ2n) is 7.76. The maximum Gasteiger partial charge on any atom is 0.327 e. The number of nitrogens with one attached hydrogen (secondary N) is 4. The van der Waals surface area contributed by atoms with E-state index in [1.807, 2.05) is 0 Å². The van der Waals surface area contributed by atoms with Crippen molar-refractivity contribution in [3.8, 4) is 0 Å². The summed E-state index contributed by atoms with van der Waals surface area (Å²) in [6.07, 6.45) is -0.488. The number of carboxylic acid groups (broad SMARTS) is 2. The number of carboxylic acids is 2. The number of hydrogen-bond acceptors (Lipinski definition) is 8. The Morgan fingerprint density at radius 1 is 0.889 bits per heavy atom. The zero-order chi connectivity index (χ0) is 27.3. The third kappa shape index (κ3) is 10.7. The van der Waals surface area contributed by atoms with Crippen LogP contribution < -0.4 is 27.0 Å². The van der Waals surface area contributed by atoms with Crippen molar-refractivity contribution < 1.29 is 39.0 Å². The van der Waals surface area contributed by atoms with E-state index >= 15 is 0 Å². The molecule has 8 N–H and O–H groups in total. The minimum atomic E-state index is -1.62. The van der Waals surface area contributed by atoms with Crippen molar-refractivity contribution in [2.75, 3.05) is 12.3 Å². The number of thiol groups is 1. The Balaban J connectivity index is 2.79. The molecule has 14 heteroatoms. The molecule has 13 nitrogen and oxygen atoms in total. The SMILES string of the molecule is CCC(=O)N[C@@H](Cc1ccccc1)C(=O)NC[C@H](N)C(=O)N[C@@H](CC(=O)O)C(=O)N[C@@H](CS)C(=O)O. The Bertz CT molecular complexity index is 946. The van der Waals surface area contributed by atoms with Gasteiger partial charge in [-0.15, -0.1) is 0 Å². The van der Waals surface area contributed by atoms with Crippen LogP contribution in [0.3, 0.4) is 0 Å². The third-order valence-corrected chi connectivity index (χ3v) is 5.26. The van der Waals surface area contributed by atoms with Crippen molar-refractivity contribution in [2.45, 2.75) is 50.4 Å². The molecule has 36 heavy (non-hydrogen) atoms. The molecule has 0 aliphatic carbocycles. The van der Waals surface area contributed by atoms with Gasteiger partial charge in [-0.25, -0.2) is 4.79 Å². The van der Waals surface area contributed by atoms with Gasteiger partial charge in [0.15, 0.2) is 0 Å². The first-order chi connectivity index (χ1) is 17.0. The van der Waals surface area contributed by atoms with E-state index in [4.69, 9.17) is 15.9 Å². The predicted molar refractivity (Wildman–Crippen MR) is 131 cm³/mol. The summed E-state index contributed by atoms with van der Waals surface area (Å²) in [4.78, 5) is 71.6. The van der Waals surface area contributed by atoms with E-state index in [1.165, 1.54) is 0 Å². The zero-order valence-corrected chi connectivity index (χ0v) is 20.5. The molecule has 4 amide bonds. The van der Waals surface area contributed by atoms with Crippen LogP contribution in [0.2, 0.25) is 0 Å². The molecule has 1 aromatic rings. The second-order valence-corrected chi connectivity index (χ2v) is 8.12. The first-order valence-corrected chi connectivity index (χ1v) is 11.6. The van der Waals surface area contributed by atoms with E-state index in [2.05, 4.69) is 33.9 Å². The van der Waals surface area contributed by atoms with Crippen LogP contribution in [0.1, 0.15) is 25.3 Å². The molecule has 0 saturated heterocycles. The molecular weight excluding hydrogens is 494 g/mol. The van der Waals surface area contributed by atoms with Gasteiger partial charge in [0.25, 0.3) is 0 Å².